The summed E-state index contributed by atoms with van der Waals surface area (Å²) in [5, 5.41) is 18.9. The van der Waals surface area contributed by atoms with E-state index in [9.17, 15) is 10.5 Å². The molecule has 188 valence electrons. The fourth-order valence-electron chi connectivity index (χ4n) is 6.85. The van der Waals surface area contributed by atoms with Gasteiger partial charge in [-0.2, -0.15) is 10.5 Å². The Kier molecular flexibility index (Phi) is 4.83. The lowest BCUT2D eigenvalue weighted by atomic mass is 9.70. The number of nitrogens with zero attached hydrogens (tertiary/aromatic N) is 4. The van der Waals surface area contributed by atoms with Crippen LogP contribution in [0.5, 0.6) is 0 Å². The van der Waals surface area contributed by atoms with Crippen molar-refractivity contribution in [3.8, 4) is 56.6 Å². The monoisotopic (exact) mass is 520 g/mol. The van der Waals surface area contributed by atoms with E-state index in [-0.39, 0.29) is 0 Å². The molecule has 0 aliphatic heterocycles. The number of benzene rings is 4. The molecule has 4 heteroatoms. The van der Waals surface area contributed by atoms with Gasteiger partial charge in [0, 0.05) is 12.4 Å². The highest BCUT2D eigenvalue weighted by atomic mass is 14.7. The van der Waals surface area contributed by atoms with Crippen molar-refractivity contribution in [3.05, 3.63) is 155 Å². The van der Waals surface area contributed by atoms with Crippen LogP contribution < -0.4 is 0 Å². The Morgan fingerprint density at radius 2 is 0.854 bits per heavy atom. The Morgan fingerprint density at radius 1 is 0.439 bits per heavy atom. The van der Waals surface area contributed by atoms with Gasteiger partial charge in [-0.15, -0.1) is 0 Å². The molecule has 0 saturated carbocycles. The van der Waals surface area contributed by atoms with Crippen LogP contribution in [0.3, 0.4) is 0 Å². The molecule has 0 fully saturated rings. The van der Waals surface area contributed by atoms with Gasteiger partial charge in [-0.3, -0.25) is 0 Å². The normalized spacial score (nSPS) is 13.0. The van der Waals surface area contributed by atoms with Crippen molar-refractivity contribution in [1.29, 1.82) is 10.5 Å². The molecule has 1 spiro atoms. The zero-order chi connectivity index (χ0) is 27.6. The molecule has 0 radical (unpaired) electrons. The van der Waals surface area contributed by atoms with Gasteiger partial charge in [0.25, 0.3) is 0 Å². The van der Waals surface area contributed by atoms with E-state index in [2.05, 4.69) is 107 Å². The highest BCUT2D eigenvalue weighted by Gasteiger charge is 2.51. The second-order valence-corrected chi connectivity index (χ2v) is 10.4. The number of rotatable bonds is 2. The van der Waals surface area contributed by atoms with Crippen molar-refractivity contribution in [1.82, 2.24) is 9.97 Å². The molecule has 2 aromatic heterocycles. The second kappa shape index (κ2) is 8.58. The summed E-state index contributed by atoms with van der Waals surface area (Å²) in [5.74, 6) is 0. The maximum absolute atomic E-state index is 9.46. The first-order valence-electron chi connectivity index (χ1n) is 13.4. The van der Waals surface area contributed by atoms with E-state index in [1.165, 1.54) is 33.4 Å². The van der Waals surface area contributed by atoms with E-state index in [4.69, 9.17) is 0 Å². The predicted molar refractivity (Wildman–Crippen MR) is 159 cm³/mol. The van der Waals surface area contributed by atoms with Crippen LogP contribution in [0.4, 0.5) is 0 Å². The van der Waals surface area contributed by atoms with Crippen LogP contribution in [0.1, 0.15) is 33.6 Å². The van der Waals surface area contributed by atoms with Gasteiger partial charge < -0.3 is 0 Å². The number of aromatic nitrogens is 2. The molecule has 4 aromatic carbocycles. The van der Waals surface area contributed by atoms with Crippen molar-refractivity contribution < 1.29 is 0 Å². The predicted octanol–water partition coefficient (Wildman–Crippen LogP) is 7.90. The van der Waals surface area contributed by atoms with E-state index < -0.39 is 5.41 Å². The minimum atomic E-state index is -0.443. The van der Waals surface area contributed by atoms with Crippen molar-refractivity contribution in [3.63, 3.8) is 0 Å². The molecular formula is C37H20N4. The van der Waals surface area contributed by atoms with Crippen LogP contribution in [-0.4, -0.2) is 9.97 Å². The Morgan fingerprint density at radius 3 is 1.32 bits per heavy atom. The van der Waals surface area contributed by atoms with Crippen molar-refractivity contribution in [2.45, 2.75) is 5.41 Å². The Balaban J connectivity index is 1.45. The maximum Gasteiger partial charge on any atom is 0.141 e. The SMILES string of the molecule is N#Cc1cc(-c2ccc3c(c2)-c2cc(-c4ccnc(C#N)c4)ccc2C32c3ccccc3-c3ccccc32)ccn1. The molecular weight excluding hydrogens is 500 g/mol. The molecule has 6 aromatic rings. The van der Waals surface area contributed by atoms with Gasteiger partial charge in [-0.05, 0) is 103 Å². The largest absolute Gasteiger partial charge is 0.246 e. The molecule has 4 nitrogen and oxygen atoms in total. The first-order valence-corrected chi connectivity index (χ1v) is 13.4. The molecule has 0 saturated heterocycles. The van der Waals surface area contributed by atoms with Crippen molar-refractivity contribution in [2.24, 2.45) is 0 Å². The van der Waals surface area contributed by atoms with E-state index in [0.29, 0.717) is 11.4 Å². The summed E-state index contributed by atoms with van der Waals surface area (Å²) >= 11 is 0. The second-order valence-electron chi connectivity index (χ2n) is 10.4. The fourth-order valence-corrected chi connectivity index (χ4v) is 6.85. The summed E-state index contributed by atoms with van der Waals surface area (Å²) in [5.41, 5.74) is 14.2. The van der Waals surface area contributed by atoms with E-state index in [0.717, 1.165) is 33.4 Å². The first-order chi connectivity index (χ1) is 20.2. The van der Waals surface area contributed by atoms with Gasteiger partial charge in [0.1, 0.15) is 23.5 Å². The molecule has 2 aliphatic carbocycles. The van der Waals surface area contributed by atoms with Gasteiger partial charge >= 0.3 is 0 Å². The van der Waals surface area contributed by atoms with Gasteiger partial charge in [0.2, 0.25) is 0 Å². The number of fused-ring (bicyclic) bond motifs is 10. The third-order valence-electron chi connectivity index (χ3n) is 8.51. The molecule has 2 heterocycles. The zero-order valence-electron chi connectivity index (χ0n) is 21.8. The highest BCUT2D eigenvalue weighted by molar-refractivity contribution is 5.97. The minimum Gasteiger partial charge on any atom is -0.246 e. The molecule has 0 N–H and O–H groups in total. The number of nitriles is 2. The Bertz CT molecular complexity index is 1990. The summed E-state index contributed by atoms with van der Waals surface area (Å²) in [4.78, 5) is 8.34. The quantitative estimate of drug-likeness (QED) is 0.232. The average molecular weight is 521 g/mol. The summed E-state index contributed by atoms with van der Waals surface area (Å²) in [7, 11) is 0. The van der Waals surface area contributed by atoms with Gasteiger partial charge in [-0.25, -0.2) is 9.97 Å². The first kappa shape index (κ1) is 23.1. The lowest BCUT2D eigenvalue weighted by Crippen LogP contribution is -2.25. The van der Waals surface area contributed by atoms with Crippen LogP contribution in [0.2, 0.25) is 0 Å². The van der Waals surface area contributed by atoms with Gasteiger partial charge in [0.05, 0.1) is 5.41 Å². The third-order valence-corrected chi connectivity index (χ3v) is 8.51. The van der Waals surface area contributed by atoms with Gasteiger partial charge in [0.15, 0.2) is 0 Å². The Labute approximate surface area is 237 Å². The topological polar surface area (TPSA) is 73.4 Å². The van der Waals surface area contributed by atoms with Crippen molar-refractivity contribution >= 4 is 0 Å². The number of hydrogen-bond acceptors (Lipinski definition) is 4. The lowest BCUT2D eigenvalue weighted by Gasteiger charge is -2.30. The van der Waals surface area contributed by atoms with Crippen molar-refractivity contribution in [2.75, 3.05) is 0 Å². The average Bonchev–Trinajstić information content (AvgIpc) is 3.51. The number of pyridine rings is 2. The molecule has 0 bridgehead atoms. The highest BCUT2D eigenvalue weighted by Crippen LogP contribution is 2.63. The van der Waals surface area contributed by atoms with Crippen LogP contribution >= 0.6 is 0 Å². The zero-order valence-corrected chi connectivity index (χ0v) is 21.8. The van der Waals surface area contributed by atoms with Crippen LogP contribution in [0.25, 0.3) is 44.5 Å². The molecule has 8 rings (SSSR count). The summed E-state index contributed by atoms with van der Waals surface area (Å²) < 4.78 is 0. The molecule has 0 amide bonds. The van der Waals surface area contributed by atoms with E-state index >= 15 is 0 Å². The number of hydrogen-bond donors (Lipinski definition) is 0. The molecule has 2 aliphatic rings. The van der Waals surface area contributed by atoms with E-state index in [1.807, 2.05) is 24.3 Å². The fraction of sp³-hybridized carbons (Fsp3) is 0.0270. The minimum absolute atomic E-state index is 0.395. The molecule has 0 atom stereocenters. The van der Waals surface area contributed by atoms with E-state index in [1.54, 1.807) is 12.4 Å². The summed E-state index contributed by atoms with van der Waals surface area (Å²) in [6.07, 6.45) is 3.38. The standard InChI is InChI=1S/C37H20N4/c38-21-27-17-25(13-15-40-27)23-9-11-35-31(19-23)32-20-24(26-14-16-41-28(18-26)22-39)10-12-36(32)37(35)33-7-3-1-5-29(33)30-6-2-4-8-34(30)37/h1-20H. The maximum atomic E-state index is 9.46. The summed E-state index contributed by atoms with van der Waals surface area (Å²) in [6.45, 7) is 0. The molecule has 41 heavy (non-hydrogen) atoms. The Hall–Kier alpha value is -5.84. The van der Waals surface area contributed by atoms with Crippen LogP contribution in [-0.2, 0) is 5.41 Å². The third kappa shape index (κ3) is 3.13. The molecule has 0 unspecified atom stereocenters. The summed E-state index contributed by atoms with van der Waals surface area (Å²) in [6, 6.07) is 42.7. The lowest BCUT2D eigenvalue weighted by molar-refractivity contribution is 0.794. The van der Waals surface area contributed by atoms with Crippen LogP contribution in [0, 0.1) is 22.7 Å². The van der Waals surface area contributed by atoms with Gasteiger partial charge in [-0.1, -0.05) is 72.8 Å². The van der Waals surface area contributed by atoms with Crippen LogP contribution in [0.15, 0.2) is 122 Å². The smallest absolute Gasteiger partial charge is 0.141 e.